The molecule has 4 heteroatoms. The lowest BCUT2D eigenvalue weighted by Gasteiger charge is -2.04. The summed E-state index contributed by atoms with van der Waals surface area (Å²) in [7, 11) is 0. The molecule has 0 fully saturated rings. The molecule has 3 N–H and O–H groups in total. The fraction of sp³-hybridized carbons (Fsp3) is 0.200. The van der Waals surface area contributed by atoms with Crippen LogP contribution in [-0.2, 0) is 0 Å². The van der Waals surface area contributed by atoms with Gasteiger partial charge in [-0.15, -0.1) is 6.58 Å². The van der Waals surface area contributed by atoms with Crippen LogP contribution in [0.4, 0.5) is 5.69 Å². The summed E-state index contributed by atoms with van der Waals surface area (Å²) in [6, 6.07) is 3.34. The van der Waals surface area contributed by atoms with Gasteiger partial charge < -0.3 is 11.1 Å². The van der Waals surface area contributed by atoms with E-state index in [2.05, 4.69) is 16.9 Å². The van der Waals surface area contributed by atoms with Crippen molar-refractivity contribution in [3.63, 3.8) is 0 Å². The number of carbonyl (C=O) groups excluding carboxylic acids is 1. The molecule has 4 nitrogen and oxygen atoms in total. The first kappa shape index (κ1) is 10.2. The van der Waals surface area contributed by atoms with Crippen molar-refractivity contribution in [3.05, 3.63) is 36.7 Å². The van der Waals surface area contributed by atoms with E-state index < -0.39 is 0 Å². The molecule has 74 valence electrons. The summed E-state index contributed by atoms with van der Waals surface area (Å²) in [4.78, 5) is 15.3. The Bertz CT molecular complexity index is 336. The Morgan fingerprint density at radius 1 is 1.71 bits per heavy atom. The second-order valence-electron chi connectivity index (χ2n) is 2.77. The average molecular weight is 191 g/mol. The van der Waals surface area contributed by atoms with E-state index in [0.717, 1.165) is 6.42 Å². The van der Waals surface area contributed by atoms with Crippen molar-refractivity contribution in [1.82, 2.24) is 10.3 Å². The maximum atomic E-state index is 11.5. The third-order valence-corrected chi connectivity index (χ3v) is 1.69. The Balaban J connectivity index is 2.60. The zero-order valence-corrected chi connectivity index (χ0v) is 7.86. The second-order valence-corrected chi connectivity index (χ2v) is 2.77. The van der Waals surface area contributed by atoms with Gasteiger partial charge in [0.1, 0.15) is 0 Å². The van der Waals surface area contributed by atoms with Crippen molar-refractivity contribution in [3.8, 4) is 0 Å². The summed E-state index contributed by atoms with van der Waals surface area (Å²) in [5, 5.41) is 2.69. The molecule has 0 spiro atoms. The number of carbonyl (C=O) groups is 1. The fourth-order valence-electron chi connectivity index (χ4n) is 0.979. The lowest BCUT2D eigenvalue weighted by Crippen LogP contribution is -2.25. The van der Waals surface area contributed by atoms with E-state index in [-0.39, 0.29) is 11.6 Å². The molecule has 0 aliphatic carbocycles. The zero-order chi connectivity index (χ0) is 10.4. The Morgan fingerprint density at radius 3 is 3.14 bits per heavy atom. The SMILES string of the molecule is C=CCCNC(=O)c1ncccc1N. The third kappa shape index (κ3) is 2.58. The number of hydrogen-bond donors (Lipinski definition) is 2. The summed E-state index contributed by atoms with van der Waals surface area (Å²) in [5.41, 5.74) is 6.25. The number of nitrogens with zero attached hydrogens (tertiary/aromatic N) is 1. The molecule has 0 radical (unpaired) electrons. The Labute approximate surface area is 82.8 Å². The van der Waals surface area contributed by atoms with Crippen molar-refractivity contribution in [2.45, 2.75) is 6.42 Å². The zero-order valence-electron chi connectivity index (χ0n) is 7.86. The molecule has 0 saturated heterocycles. The molecule has 1 amide bonds. The summed E-state index contributed by atoms with van der Waals surface area (Å²) >= 11 is 0. The molecule has 1 heterocycles. The average Bonchev–Trinajstić information content (AvgIpc) is 2.18. The quantitative estimate of drug-likeness (QED) is 0.550. The van der Waals surface area contributed by atoms with Gasteiger partial charge >= 0.3 is 0 Å². The van der Waals surface area contributed by atoms with E-state index >= 15 is 0 Å². The largest absolute Gasteiger partial charge is 0.397 e. The van der Waals surface area contributed by atoms with E-state index in [4.69, 9.17) is 5.73 Å². The smallest absolute Gasteiger partial charge is 0.272 e. The molecule has 14 heavy (non-hydrogen) atoms. The van der Waals surface area contributed by atoms with Crippen LogP contribution in [0.1, 0.15) is 16.9 Å². The van der Waals surface area contributed by atoms with E-state index in [1.54, 1.807) is 24.4 Å². The van der Waals surface area contributed by atoms with Gasteiger partial charge in [-0.05, 0) is 18.6 Å². The van der Waals surface area contributed by atoms with Crippen molar-refractivity contribution in [1.29, 1.82) is 0 Å². The minimum Gasteiger partial charge on any atom is -0.397 e. The highest BCUT2D eigenvalue weighted by Crippen LogP contribution is 2.05. The van der Waals surface area contributed by atoms with E-state index in [0.29, 0.717) is 12.2 Å². The number of nitrogens with two attached hydrogens (primary N) is 1. The topological polar surface area (TPSA) is 68.0 Å². The Hall–Kier alpha value is -1.84. The molecular formula is C10H13N3O. The van der Waals surface area contributed by atoms with Crippen LogP contribution >= 0.6 is 0 Å². The second kappa shape index (κ2) is 5.01. The standard InChI is InChI=1S/C10H13N3O/c1-2-3-6-13-10(14)9-8(11)5-4-7-12-9/h2,4-5,7H,1,3,6,11H2,(H,13,14). The normalized spacial score (nSPS) is 9.43. The van der Waals surface area contributed by atoms with Crippen LogP contribution in [0.2, 0.25) is 0 Å². The first-order valence-electron chi connectivity index (χ1n) is 4.35. The van der Waals surface area contributed by atoms with Crippen LogP contribution in [0.15, 0.2) is 31.0 Å². The summed E-state index contributed by atoms with van der Waals surface area (Å²) in [5.74, 6) is -0.245. The summed E-state index contributed by atoms with van der Waals surface area (Å²) < 4.78 is 0. The molecule has 0 atom stereocenters. The van der Waals surface area contributed by atoms with Gasteiger partial charge in [-0.3, -0.25) is 4.79 Å². The van der Waals surface area contributed by atoms with Crippen LogP contribution < -0.4 is 11.1 Å². The fourth-order valence-corrected chi connectivity index (χ4v) is 0.979. The highest BCUT2D eigenvalue weighted by molar-refractivity contribution is 5.96. The number of nitrogens with one attached hydrogen (secondary N) is 1. The van der Waals surface area contributed by atoms with Crippen molar-refractivity contribution in [2.75, 3.05) is 12.3 Å². The first-order chi connectivity index (χ1) is 6.75. The van der Waals surface area contributed by atoms with Crippen LogP contribution in [-0.4, -0.2) is 17.4 Å². The molecule has 0 aliphatic heterocycles. The summed E-state index contributed by atoms with van der Waals surface area (Å²) in [6.45, 7) is 4.11. The molecule has 1 aromatic rings. The van der Waals surface area contributed by atoms with Crippen molar-refractivity contribution in [2.24, 2.45) is 0 Å². The van der Waals surface area contributed by atoms with Crippen LogP contribution in [0.3, 0.4) is 0 Å². The monoisotopic (exact) mass is 191 g/mol. The number of amides is 1. The lowest BCUT2D eigenvalue weighted by atomic mass is 10.3. The van der Waals surface area contributed by atoms with Gasteiger partial charge in [0.05, 0.1) is 5.69 Å². The highest BCUT2D eigenvalue weighted by Gasteiger charge is 2.08. The molecular weight excluding hydrogens is 178 g/mol. The van der Waals surface area contributed by atoms with Gasteiger partial charge in [-0.2, -0.15) is 0 Å². The predicted molar refractivity (Wildman–Crippen MR) is 55.8 cm³/mol. The van der Waals surface area contributed by atoms with Gasteiger partial charge in [0.25, 0.3) is 5.91 Å². The van der Waals surface area contributed by atoms with E-state index in [1.807, 2.05) is 0 Å². The minimum atomic E-state index is -0.245. The number of nitrogen functional groups attached to an aromatic ring is 1. The Morgan fingerprint density at radius 2 is 2.50 bits per heavy atom. The number of hydrogen-bond acceptors (Lipinski definition) is 3. The van der Waals surface area contributed by atoms with Gasteiger partial charge in [-0.25, -0.2) is 4.98 Å². The maximum absolute atomic E-state index is 11.5. The molecule has 0 aromatic carbocycles. The molecule has 0 saturated carbocycles. The summed E-state index contributed by atoms with van der Waals surface area (Å²) in [6.07, 6.45) is 4.01. The van der Waals surface area contributed by atoms with Crippen LogP contribution in [0, 0.1) is 0 Å². The van der Waals surface area contributed by atoms with E-state index in [9.17, 15) is 4.79 Å². The van der Waals surface area contributed by atoms with Gasteiger partial charge in [0.2, 0.25) is 0 Å². The minimum absolute atomic E-state index is 0.245. The maximum Gasteiger partial charge on any atom is 0.272 e. The third-order valence-electron chi connectivity index (χ3n) is 1.69. The number of anilines is 1. The van der Waals surface area contributed by atoms with Crippen LogP contribution in [0.5, 0.6) is 0 Å². The molecule has 0 bridgehead atoms. The Kier molecular flexibility index (Phi) is 3.67. The highest BCUT2D eigenvalue weighted by atomic mass is 16.1. The van der Waals surface area contributed by atoms with Crippen LogP contribution in [0.25, 0.3) is 0 Å². The number of rotatable bonds is 4. The van der Waals surface area contributed by atoms with Gasteiger partial charge in [0, 0.05) is 12.7 Å². The predicted octanol–water partition coefficient (Wildman–Crippen LogP) is 0.970. The molecule has 0 unspecified atom stereocenters. The van der Waals surface area contributed by atoms with Crippen molar-refractivity contribution >= 4 is 11.6 Å². The molecule has 1 aromatic heterocycles. The molecule has 0 aliphatic rings. The van der Waals surface area contributed by atoms with E-state index in [1.165, 1.54) is 0 Å². The van der Waals surface area contributed by atoms with Gasteiger partial charge in [0.15, 0.2) is 5.69 Å². The molecule has 1 rings (SSSR count). The lowest BCUT2D eigenvalue weighted by molar-refractivity contribution is 0.0950. The number of aromatic nitrogens is 1. The van der Waals surface area contributed by atoms with Gasteiger partial charge in [-0.1, -0.05) is 6.08 Å². The first-order valence-corrected chi connectivity index (χ1v) is 4.35. The van der Waals surface area contributed by atoms with Crippen molar-refractivity contribution < 1.29 is 4.79 Å². The number of pyridine rings is 1.